The van der Waals surface area contributed by atoms with Crippen molar-refractivity contribution >= 4 is 5.91 Å². The number of nitrogens with zero attached hydrogens (tertiary/aromatic N) is 2. The molecule has 1 heterocycles. The third kappa shape index (κ3) is 5.38. The Morgan fingerprint density at radius 1 is 1.27 bits per heavy atom. The van der Waals surface area contributed by atoms with E-state index in [0.717, 1.165) is 65.2 Å². The monoisotopic (exact) mass is 309 g/mol. The Morgan fingerprint density at radius 2 is 2.00 bits per heavy atom. The summed E-state index contributed by atoms with van der Waals surface area (Å²) in [6, 6.07) is 0. The van der Waals surface area contributed by atoms with Crippen molar-refractivity contribution in [3.63, 3.8) is 0 Å². The highest BCUT2D eigenvalue weighted by atomic mass is 16.5. The molecule has 1 fully saturated rings. The van der Waals surface area contributed by atoms with Crippen molar-refractivity contribution in [2.45, 2.75) is 19.3 Å². The van der Waals surface area contributed by atoms with Crippen molar-refractivity contribution < 1.29 is 9.53 Å². The largest absolute Gasteiger partial charge is 0.379 e. The van der Waals surface area contributed by atoms with Crippen molar-refractivity contribution in [3.8, 4) is 0 Å². The Balaban J connectivity index is 1.64. The molecule has 2 aliphatic rings. The molecule has 0 bridgehead atoms. The lowest BCUT2D eigenvalue weighted by Gasteiger charge is -2.30. The van der Waals surface area contributed by atoms with Gasteiger partial charge in [0.1, 0.15) is 0 Å². The Hall–Kier alpha value is -0.910. The van der Waals surface area contributed by atoms with E-state index in [9.17, 15) is 4.79 Å². The molecular weight excluding hydrogens is 278 g/mol. The normalized spacial score (nSPS) is 26.1. The van der Waals surface area contributed by atoms with Crippen LogP contribution >= 0.6 is 0 Å². The molecule has 2 unspecified atom stereocenters. The van der Waals surface area contributed by atoms with E-state index in [2.05, 4.69) is 22.4 Å². The summed E-state index contributed by atoms with van der Waals surface area (Å²) in [5, 5.41) is 3.56. The number of carbonyl (C=O) groups excluding carboxylic acids is 1. The smallest absolute Gasteiger partial charge is 0.225 e. The van der Waals surface area contributed by atoms with E-state index in [4.69, 9.17) is 4.74 Å². The van der Waals surface area contributed by atoms with Crippen LogP contribution in [0.2, 0.25) is 0 Å². The molecule has 0 aromatic heterocycles. The molecule has 5 nitrogen and oxygen atoms in total. The Morgan fingerprint density at radius 3 is 2.73 bits per heavy atom. The van der Waals surface area contributed by atoms with Crippen LogP contribution in [-0.2, 0) is 9.53 Å². The maximum Gasteiger partial charge on any atom is 0.225 e. The first-order valence-electron chi connectivity index (χ1n) is 8.55. The highest BCUT2D eigenvalue weighted by Crippen LogP contribution is 2.26. The quantitative estimate of drug-likeness (QED) is 0.562. The van der Waals surface area contributed by atoms with Crippen LogP contribution in [0.4, 0.5) is 0 Å². The number of carbonyl (C=O) groups is 1. The fourth-order valence-electron chi connectivity index (χ4n) is 3.27. The standard InChI is InChI=1S/C17H31N3O2/c1-19(2)17(21)16-7-4-3-6-15(16)14-18-8-5-9-20-10-12-22-13-11-20/h3-4,15-16,18H,5-14H2,1-2H3. The zero-order chi connectivity index (χ0) is 15.8. The summed E-state index contributed by atoms with van der Waals surface area (Å²) in [7, 11) is 3.71. The number of morpholine rings is 1. The van der Waals surface area contributed by atoms with E-state index in [1.54, 1.807) is 4.90 Å². The van der Waals surface area contributed by atoms with Crippen molar-refractivity contribution in [1.29, 1.82) is 0 Å². The molecule has 1 saturated heterocycles. The van der Waals surface area contributed by atoms with Crippen LogP contribution in [0.25, 0.3) is 0 Å². The van der Waals surface area contributed by atoms with E-state index < -0.39 is 0 Å². The molecule has 0 radical (unpaired) electrons. The van der Waals surface area contributed by atoms with Crippen LogP contribution in [0.15, 0.2) is 12.2 Å². The highest BCUT2D eigenvalue weighted by molar-refractivity contribution is 5.79. The fraction of sp³-hybridized carbons (Fsp3) is 0.824. The molecule has 22 heavy (non-hydrogen) atoms. The summed E-state index contributed by atoms with van der Waals surface area (Å²) in [5.74, 6) is 0.847. The molecule has 2 atom stereocenters. The lowest BCUT2D eigenvalue weighted by atomic mass is 9.82. The topological polar surface area (TPSA) is 44.8 Å². The van der Waals surface area contributed by atoms with Crippen LogP contribution < -0.4 is 5.32 Å². The minimum atomic E-state index is 0.145. The Bertz CT molecular complexity index is 365. The molecule has 0 spiro atoms. The first kappa shape index (κ1) is 17.4. The van der Waals surface area contributed by atoms with Gasteiger partial charge in [0.2, 0.25) is 5.91 Å². The van der Waals surface area contributed by atoms with Crippen molar-refractivity contribution in [1.82, 2.24) is 15.1 Å². The lowest BCUT2D eigenvalue weighted by Crippen LogP contribution is -2.40. The SMILES string of the molecule is CN(C)C(=O)C1CC=CCC1CNCCCN1CCOCC1. The van der Waals surface area contributed by atoms with Gasteiger partial charge in [0.25, 0.3) is 0 Å². The summed E-state index contributed by atoms with van der Waals surface area (Å²) in [6.45, 7) is 6.98. The predicted octanol–water partition coefficient (Wildman–Crippen LogP) is 0.969. The summed E-state index contributed by atoms with van der Waals surface area (Å²) < 4.78 is 5.36. The molecule has 0 saturated carbocycles. The van der Waals surface area contributed by atoms with Gasteiger partial charge in [0.05, 0.1) is 13.2 Å². The number of allylic oxidation sites excluding steroid dienone is 2. The van der Waals surface area contributed by atoms with E-state index >= 15 is 0 Å². The van der Waals surface area contributed by atoms with E-state index in [-0.39, 0.29) is 11.8 Å². The van der Waals surface area contributed by atoms with Crippen molar-refractivity contribution in [2.24, 2.45) is 11.8 Å². The lowest BCUT2D eigenvalue weighted by molar-refractivity contribution is -0.134. The molecule has 0 aromatic carbocycles. The third-order valence-electron chi connectivity index (χ3n) is 4.66. The van der Waals surface area contributed by atoms with Gasteiger partial charge in [-0.25, -0.2) is 0 Å². The maximum atomic E-state index is 12.2. The van der Waals surface area contributed by atoms with E-state index in [1.807, 2.05) is 14.1 Å². The number of nitrogens with one attached hydrogen (secondary N) is 1. The molecule has 1 aliphatic carbocycles. The van der Waals surface area contributed by atoms with Crippen LogP contribution in [0.1, 0.15) is 19.3 Å². The van der Waals surface area contributed by atoms with E-state index in [0.29, 0.717) is 5.92 Å². The molecule has 126 valence electrons. The zero-order valence-electron chi connectivity index (χ0n) is 14.1. The second-order valence-electron chi connectivity index (χ2n) is 6.55. The molecule has 1 aliphatic heterocycles. The van der Waals surface area contributed by atoms with Gasteiger partial charge in [-0.15, -0.1) is 0 Å². The molecular formula is C17H31N3O2. The molecule has 5 heteroatoms. The first-order valence-corrected chi connectivity index (χ1v) is 8.55. The van der Waals surface area contributed by atoms with Gasteiger partial charge < -0.3 is 15.0 Å². The zero-order valence-corrected chi connectivity index (χ0v) is 14.1. The summed E-state index contributed by atoms with van der Waals surface area (Å²) in [6.07, 6.45) is 7.44. The van der Waals surface area contributed by atoms with Gasteiger partial charge >= 0.3 is 0 Å². The predicted molar refractivity (Wildman–Crippen MR) is 88.8 cm³/mol. The third-order valence-corrected chi connectivity index (χ3v) is 4.66. The summed E-state index contributed by atoms with van der Waals surface area (Å²) >= 11 is 0. The van der Waals surface area contributed by atoms with Crippen molar-refractivity contribution in [2.75, 3.05) is 60.0 Å². The van der Waals surface area contributed by atoms with Crippen LogP contribution in [0.3, 0.4) is 0 Å². The molecule has 1 amide bonds. The second-order valence-corrected chi connectivity index (χ2v) is 6.55. The number of ether oxygens (including phenoxy) is 1. The minimum Gasteiger partial charge on any atom is -0.379 e. The Labute approximate surface area is 134 Å². The van der Waals surface area contributed by atoms with Crippen molar-refractivity contribution in [3.05, 3.63) is 12.2 Å². The van der Waals surface area contributed by atoms with Crippen LogP contribution in [0, 0.1) is 11.8 Å². The molecule has 2 rings (SSSR count). The van der Waals surface area contributed by atoms with Gasteiger partial charge in [0.15, 0.2) is 0 Å². The molecule has 1 N–H and O–H groups in total. The van der Waals surface area contributed by atoms with Crippen LogP contribution in [-0.4, -0.2) is 75.7 Å². The van der Waals surface area contributed by atoms with Gasteiger partial charge in [-0.1, -0.05) is 12.2 Å². The number of hydrogen-bond acceptors (Lipinski definition) is 4. The van der Waals surface area contributed by atoms with Gasteiger partial charge in [0, 0.05) is 33.1 Å². The fourth-order valence-corrected chi connectivity index (χ4v) is 3.27. The average molecular weight is 309 g/mol. The molecule has 0 aromatic rings. The first-order chi connectivity index (χ1) is 10.7. The van der Waals surface area contributed by atoms with Crippen LogP contribution in [0.5, 0.6) is 0 Å². The van der Waals surface area contributed by atoms with Gasteiger partial charge in [-0.2, -0.15) is 0 Å². The summed E-state index contributed by atoms with van der Waals surface area (Å²) in [5.41, 5.74) is 0. The average Bonchev–Trinajstić information content (AvgIpc) is 2.55. The summed E-state index contributed by atoms with van der Waals surface area (Å²) in [4.78, 5) is 16.4. The number of amides is 1. The maximum absolute atomic E-state index is 12.2. The number of hydrogen-bond donors (Lipinski definition) is 1. The Kier molecular flexibility index (Phi) is 7.36. The number of rotatable bonds is 7. The van der Waals surface area contributed by atoms with Gasteiger partial charge in [-0.3, -0.25) is 9.69 Å². The minimum absolute atomic E-state index is 0.145. The van der Waals surface area contributed by atoms with Gasteiger partial charge in [-0.05, 0) is 44.8 Å². The highest BCUT2D eigenvalue weighted by Gasteiger charge is 2.29. The second kappa shape index (κ2) is 9.28. The van der Waals surface area contributed by atoms with E-state index in [1.165, 1.54) is 0 Å².